The predicted octanol–water partition coefficient (Wildman–Crippen LogP) is 1.68. The lowest BCUT2D eigenvalue weighted by molar-refractivity contribution is -0.140. The van der Waals surface area contributed by atoms with E-state index in [2.05, 4.69) is 11.6 Å². The van der Waals surface area contributed by atoms with Gasteiger partial charge in [-0.25, -0.2) is 4.98 Å². The van der Waals surface area contributed by atoms with E-state index in [1.165, 1.54) is 17.4 Å². The minimum Gasteiger partial charge on any atom is -0.365 e. The van der Waals surface area contributed by atoms with Crippen molar-refractivity contribution < 1.29 is 14.4 Å². The largest absolute Gasteiger partial charge is 0.365 e. The fourth-order valence-electron chi connectivity index (χ4n) is 3.90. The zero-order valence-corrected chi connectivity index (χ0v) is 16.5. The van der Waals surface area contributed by atoms with Crippen molar-refractivity contribution in [3.8, 4) is 0 Å². The van der Waals surface area contributed by atoms with Gasteiger partial charge in [0.05, 0.1) is 10.7 Å². The number of hydrogen-bond acceptors (Lipinski definition) is 5. The third-order valence-electron chi connectivity index (χ3n) is 5.52. The number of nitrogens with two attached hydrogens (primary N) is 1. The molecular weight excluding hydrogens is 364 g/mol. The number of carbonyl (C=O) groups is 3. The summed E-state index contributed by atoms with van der Waals surface area (Å²) in [6, 6.07) is 0. The Balaban J connectivity index is 1.52. The number of likely N-dealkylation sites (tertiary alicyclic amines) is 2. The van der Waals surface area contributed by atoms with Crippen LogP contribution in [-0.2, 0) is 9.59 Å². The molecule has 7 nitrogen and oxygen atoms in total. The lowest BCUT2D eigenvalue weighted by Crippen LogP contribution is -2.46. The smallest absolute Gasteiger partial charge is 0.260 e. The van der Waals surface area contributed by atoms with Gasteiger partial charge in [0.1, 0.15) is 4.88 Å². The van der Waals surface area contributed by atoms with E-state index in [1.807, 2.05) is 11.8 Å². The first-order valence-electron chi connectivity index (χ1n) is 9.38. The Morgan fingerprint density at radius 3 is 2.22 bits per heavy atom. The van der Waals surface area contributed by atoms with Crippen LogP contribution in [0.15, 0.2) is 12.7 Å². The summed E-state index contributed by atoms with van der Waals surface area (Å²) in [5.74, 6) is -0.00915. The third kappa shape index (κ3) is 4.21. The molecule has 2 aliphatic heterocycles. The van der Waals surface area contributed by atoms with E-state index in [9.17, 15) is 14.4 Å². The Hall–Kier alpha value is -2.22. The highest BCUT2D eigenvalue weighted by molar-refractivity contribution is 7.13. The van der Waals surface area contributed by atoms with Crippen molar-refractivity contribution in [1.29, 1.82) is 0 Å². The molecule has 2 saturated heterocycles. The lowest BCUT2D eigenvalue weighted by atomic mass is 9.92. The summed E-state index contributed by atoms with van der Waals surface area (Å²) in [4.78, 5) is 44.7. The molecule has 146 valence electrons. The summed E-state index contributed by atoms with van der Waals surface area (Å²) >= 11 is 1.38. The zero-order valence-electron chi connectivity index (χ0n) is 15.6. The standard InChI is InChI=1S/C19H26N4O3S/c1-3-15(24)22-8-6-14(7-9-22)19(26)23-10-4-13(5-11-23)18-21-12(2)16(27-18)17(20)25/h3,13-14H,1,4-11H2,2H3,(H2,20,25). The van der Waals surface area contributed by atoms with Crippen molar-refractivity contribution in [1.82, 2.24) is 14.8 Å². The van der Waals surface area contributed by atoms with Gasteiger partial charge in [-0.3, -0.25) is 14.4 Å². The SMILES string of the molecule is C=CC(=O)N1CCC(C(=O)N2CCC(c3nc(C)c(C(N)=O)s3)CC2)CC1. The molecule has 0 bridgehead atoms. The number of primary amides is 1. The minimum absolute atomic E-state index is 0.000938. The van der Waals surface area contributed by atoms with E-state index in [0.717, 1.165) is 17.8 Å². The monoisotopic (exact) mass is 390 g/mol. The normalized spacial score (nSPS) is 19.1. The third-order valence-corrected chi connectivity index (χ3v) is 6.86. The number of hydrogen-bond donors (Lipinski definition) is 1. The van der Waals surface area contributed by atoms with Gasteiger partial charge >= 0.3 is 0 Å². The van der Waals surface area contributed by atoms with E-state index in [4.69, 9.17) is 5.73 Å². The Labute approximate surface area is 163 Å². The average molecular weight is 391 g/mol. The van der Waals surface area contributed by atoms with Crippen molar-refractivity contribution in [2.75, 3.05) is 26.2 Å². The first kappa shape index (κ1) is 19.5. The summed E-state index contributed by atoms with van der Waals surface area (Å²) in [7, 11) is 0. The van der Waals surface area contributed by atoms with Crippen LogP contribution in [0, 0.1) is 12.8 Å². The molecule has 2 aliphatic rings. The van der Waals surface area contributed by atoms with Gasteiger partial charge in [0.15, 0.2) is 0 Å². The van der Waals surface area contributed by atoms with Gasteiger partial charge in [-0.05, 0) is 38.7 Å². The predicted molar refractivity (Wildman–Crippen MR) is 103 cm³/mol. The second-order valence-electron chi connectivity index (χ2n) is 7.23. The summed E-state index contributed by atoms with van der Waals surface area (Å²) in [5.41, 5.74) is 6.08. The summed E-state index contributed by atoms with van der Waals surface area (Å²) < 4.78 is 0. The van der Waals surface area contributed by atoms with Gasteiger partial charge in [0.25, 0.3) is 5.91 Å². The van der Waals surface area contributed by atoms with Crippen LogP contribution < -0.4 is 5.73 Å². The molecule has 0 unspecified atom stereocenters. The Kier molecular flexibility index (Phi) is 5.94. The number of thiazole rings is 1. The topological polar surface area (TPSA) is 96.6 Å². The highest BCUT2D eigenvalue weighted by Gasteiger charge is 2.32. The van der Waals surface area contributed by atoms with Crippen LogP contribution in [-0.4, -0.2) is 58.7 Å². The fraction of sp³-hybridized carbons (Fsp3) is 0.579. The maximum absolute atomic E-state index is 12.8. The van der Waals surface area contributed by atoms with Crippen molar-refractivity contribution >= 4 is 29.1 Å². The van der Waals surface area contributed by atoms with E-state index >= 15 is 0 Å². The number of carbonyl (C=O) groups excluding carboxylic acids is 3. The van der Waals surface area contributed by atoms with Crippen molar-refractivity contribution in [3.63, 3.8) is 0 Å². The van der Waals surface area contributed by atoms with Crippen LogP contribution in [0.2, 0.25) is 0 Å². The fourth-order valence-corrected chi connectivity index (χ4v) is 4.99. The van der Waals surface area contributed by atoms with Gasteiger partial charge in [0.2, 0.25) is 11.8 Å². The van der Waals surface area contributed by atoms with Gasteiger partial charge in [-0.1, -0.05) is 6.58 Å². The molecule has 27 heavy (non-hydrogen) atoms. The van der Waals surface area contributed by atoms with Crippen LogP contribution in [0.1, 0.15) is 52.0 Å². The molecule has 1 aromatic heterocycles. The summed E-state index contributed by atoms with van der Waals surface area (Å²) in [5, 5.41) is 0.949. The zero-order chi connectivity index (χ0) is 19.6. The summed E-state index contributed by atoms with van der Waals surface area (Å²) in [6.07, 6.45) is 4.46. The quantitative estimate of drug-likeness (QED) is 0.791. The highest BCUT2D eigenvalue weighted by atomic mass is 32.1. The molecule has 8 heteroatoms. The van der Waals surface area contributed by atoms with Gasteiger partial charge in [-0.2, -0.15) is 0 Å². The number of aromatic nitrogens is 1. The summed E-state index contributed by atoms with van der Waals surface area (Å²) in [6.45, 7) is 7.97. The number of amides is 3. The van der Waals surface area contributed by atoms with E-state index in [1.54, 1.807) is 4.90 Å². The molecule has 0 saturated carbocycles. The second-order valence-corrected chi connectivity index (χ2v) is 8.26. The average Bonchev–Trinajstić information content (AvgIpc) is 3.09. The molecule has 2 fully saturated rings. The van der Waals surface area contributed by atoms with E-state index in [0.29, 0.717) is 49.6 Å². The first-order valence-corrected chi connectivity index (χ1v) is 10.2. The molecular formula is C19H26N4O3S. The van der Waals surface area contributed by atoms with Gasteiger partial charge in [-0.15, -0.1) is 11.3 Å². The van der Waals surface area contributed by atoms with Crippen molar-refractivity contribution in [3.05, 3.63) is 28.2 Å². The maximum Gasteiger partial charge on any atom is 0.260 e. The molecule has 3 amide bonds. The Morgan fingerprint density at radius 2 is 1.70 bits per heavy atom. The van der Waals surface area contributed by atoms with E-state index < -0.39 is 5.91 Å². The first-order chi connectivity index (χ1) is 12.9. The van der Waals surface area contributed by atoms with Gasteiger partial charge < -0.3 is 15.5 Å². The maximum atomic E-state index is 12.8. The van der Waals surface area contributed by atoms with Crippen LogP contribution in [0.25, 0.3) is 0 Å². The molecule has 0 atom stereocenters. The van der Waals surface area contributed by atoms with Crippen molar-refractivity contribution in [2.24, 2.45) is 11.7 Å². The van der Waals surface area contributed by atoms with Crippen molar-refractivity contribution in [2.45, 2.75) is 38.5 Å². The molecule has 3 heterocycles. The Morgan fingerprint density at radius 1 is 1.11 bits per heavy atom. The highest BCUT2D eigenvalue weighted by Crippen LogP contribution is 2.33. The molecule has 0 radical (unpaired) electrons. The van der Waals surface area contributed by atoms with E-state index in [-0.39, 0.29) is 23.7 Å². The molecule has 0 aliphatic carbocycles. The molecule has 0 spiro atoms. The number of rotatable bonds is 4. The van der Waals surface area contributed by atoms with Crippen LogP contribution in [0.5, 0.6) is 0 Å². The molecule has 3 rings (SSSR count). The van der Waals surface area contributed by atoms with Crippen LogP contribution in [0.4, 0.5) is 0 Å². The molecule has 2 N–H and O–H groups in total. The number of aryl methyl sites for hydroxylation is 1. The van der Waals surface area contributed by atoms with Gasteiger partial charge in [0, 0.05) is 38.0 Å². The lowest BCUT2D eigenvalue weighted by Gasteiger charge is -2.36. The molecule has 1 aromatic rings. The minimum atomic E-state index is -0.426. The molecule has 0 aromatic carbocycles. The van der Waals surface area contributed by atoms with Crippen LogP contribution in [0.3, 0.4) is 0 Å². The number of nitrogens with zero attached hydrogens (tertiary/aromatic N) is 3. The van der Waals surface area contributed by atoms with Crippen LogP contribution >= 0.6 is 11.3 Å². The Bertz CT molecular complexity index is 744. The number of piperidine rings is 2. The second kappa shape index (κ2) is 8.21.